The normalized spacial score (nSPS) is 17.9. The Morgan fingerprint density at radius 1 is 1.00 bits per heavy atom. The first-order valence-electron chi connectivity index (χ1n) is 7.29. The third-order valence-corrected chi connectivity index (χ3v) is 3.96. The number of aliphatic hydroxyl groups excluding tert-OH is 1. The molecule has 2 rings (SSSR count). The molecule has 0 radical (unpaired) electrons. The predicted molar refractivity (Wildman–Crippen MR) is 75.4 cm³/mol. The summed E-state index contributed by atoms with van der Waals surface area (Å²) in [5, 5.41) is 9.27. The molecule has 18 heavy (non-hydrogen) atoms. The van der Waals surface area contributed by atoms with E-state index in [-0.39, 0.29) is 6.61 Å². The molecular weight excluding hydrogens is 222 g/mol. The Balaban J connectivity index is 1.97. The van der Waals surface area contributed by atoms with Crippen LogP contribution in [0, 0.1) is 0 Å². The van der Waals surface area contributed by atoms with Crippen LogP contribution >= 0.6 is 0 Å². The highest BCUT2D eigenvalue weighted by atomic mass is 16.3. The van der Waals surface area contributed by atoms with Crippen LogP contribution in [0.3, 0.4) is 0 Å². The SMILES string of the molecule is OCCN(Cc1ccccc1)C1CCCCCC1. The van der Waals surface area contributed by atoms with Crippen LogP contribution in [0.4, 0.5) is 0 Å². The molecule has 0 spiro atoms. The summed E-state index contributed by atoms with van der Waals surface area (Å²) in [6, 6.07) is 11.3. The molecule has 0 heterocycles. The fourth-order valence-electron chi connectivity index (χ4n) is 2.96. The number of benzene rings is 1. The van der Waals surface area contributed by atoms with Gasteiger partial charge in [-0.3, -0.25) is 4.90 Å². The molecule has 100 valence electrons. The summed E-state index contributed by atoms with van der Waals surface area (Å²) in [6.45, 7) is 2.05. The lowest BCUT2D eigenvalue weighted by Gasteiger charge is -2.30. The van der Waals surface area contributed by atoms with E-state index >= 15 is 0 Å². The summed E-state index contributed by atoms with van der Waals surface area (Å²) >= 11 is 0. The van der Waals surface area contributed by atoms with Crippen LogP contribution in [0.2, 0.25) is 0 Å². The molecule has 2 heteroatoms. The number of aliphatic hydroxyl groups is 1. The minimum atomic E-state index is 0.267. The standard InChI is InChI=1S/C16H25NO/c18-13-12-17(14-15-8-4-3-5-9-15)16-10-6-1-2-7-11-16/h3-5,8-9,16,18H,1-2,6-7,10-14H2. The van der Waals surface area contributed by atoms with Gasteiger partial charge in [-0.05, 0) is 18.4 Å². The van der Waals surface area contributed by atoms with E-state index in [0.29, 0.717) is 6.04 Å². The minimum absolute atomic E-state index is 0.267. The van der Waals surface area contributed by atoms with E-state index in [1.54, 1.807) is 0 Å². The molecule has 2 nitrogen and oxygen atoms in total. The second-order valence-electron chi connectivity index (χ2n) is 5.33. The van der Waals surface area contributed by atoms with Crippen LogP contribution in [0.5, 0.6) is 0 Å². The van der Waals surface area contributed by atoms with Crippen molar-refractivity contribution in [2.45, 2.75) is 51.1 Å². The van der Waals surface area contributed by atoms with Crippen LogP contribution in [-0.4, -0.2) is 29.2 Å². The van der Waals surface area contributed by atoms with E-state index in [1.807, 2.05) is 0 Å². The zero-order chi connectivity index (χ0) is 12.6. The minimum Gasteiger partial charge on any atom is -0.395 e. The molecule has 1 aliphatic rings. The highest BCUT2D eigenvalue weighted by molar-refractivity contribution is 5.14. The van der Waals surface area contributed by atoms with Gasteiger partial charge >= 0.3 is 0 Å². The molecule has 1 aromatic rings. The number of hydrogen-bond donors (Lipinski definition) is 1. The van der Waals surface area contributed by atoms with Crippen LogP contribution in [-0.2, 0) is 6.54 Å². The number of hydrogen-bond acceptors (Lipinski definition) is 2. The van der Waals surface area contributed by atoms with Gasteiger partial charge in [0, 0.05) is 19.1 Å². The Kier molecular flexibility index (Phi) is 5.69. The maximum Gasteiger partial charge on any atom is 0.0558 e. The molecule has 0 atom stereocenters. The summed E-state index contributed by atoms with van der Waals surface area (Å²) < 4.78 is 0. The largest absolute Gasteiger partial charge is 0.395 e. The first-order chi connectivity index (χ1) is 8.90. The van der Waals surface area contributed by atoms with Crippen molar-refractivity contribution < 1.29 is 5.11 Å². The van der Waals surface area contributed by atoms with Crippen LogP contribution in [0.15, 0.2) is 30.3 Å². The van der Waals surface area contributed by atoms with Crippen LogP contribution < -0.4 is 0 Å². The van der Waals surface area contributed by atoms with Crippen LogP contribution in [0.1, 0.15) is 44.1 Å². The summed E-state index contributed by atoms with van der Waals surface area (Å²) in [4.78, 5) is 2.47. The third-order valence-electron chi connectivity index (χ3n) is 3.96. The van der Waals surface area contributed by atoms with Crippen LogP contribution in [0.25, 0.3) is 0 Å². The van der Waals surface area contributed by atoms with Gasteiger partial charge in [-0.2, -0.15) is 0 Å². The van der Waals surface area contributed by atoms with Crippen molar-refractivity contribution in [2.24, 2.45) is 0 Å². The quantitative estimate of drug-likeness (QED) is 0.808. The first-order valence-corrected chi connectivity index (χ1v) is 7.29. The highest BCUT2D eigenvalue weighted by Gasteiger charge is 2.19. The van der Waals surface area contributed by atoms with Gasteiger partial charge < -0.3 is 5.11 Å². The monoisotopic (exact) mass is 247 g/mol. The zero-order valence-electron chi connectivity index (χ0n) is 11.2. The number of rotatable bonds is 5. The second-order valence-corrected chi connectivity index (χ2v) is 5.33. The maximum atomic E-state index is 9.27. The Hall–Kier alpha value is -0.860. The van der Waals surface area contributed by atoms with E-state index < -0.39 is 0 Å². The van der Waals surface area contributed by atoms with E-state index in [9.17, 15) is 5.11 Å². The van der Waals surface area contributed by atoms with Crippen molar-refractivity contribution in [3.8, 4) is 0 Å². The third kappa shape index (κ3) is 4.11. The van der Waals surface area contributed by atoms with E-state index in [0.717, 1.165) is 13.1 Å². The second kappa shape index (κ2) is 7.55. The molecule has 1 aliphatic carbocycles. The smallest absolute Gasteiger partial charge is 0.0558 e. The molecule has 0 bridgehead atoms. The van der Waals surface area contributed by atoms with E-state index in [1.165, 1.54) is 44.1 Å². The highest BCUT2D eigenvalue weighted by Crippen LogP contribution is 2.23. The molecule has 0 amide bonds. The Labute approximate surface area is 111 Å². The lowest BCUT2D eigenvalue weighted by atomic mass is 10.1. The molecule has 1 aromatic carbocycles. The van der Waals surface area contributed by atoms with Crippen molar-refractivity contribution >= 4 is 0 Å². The fraction of sp³-hybridized carbons (Fsp3) is 0.625. The average molecular weight is 247 g/mol. The molecule has 0 unspecified atom stereocenters. The summed E-state index contributed by atoms with van der Waals surface area (Å²) in [5.41, 5.74) is 1.36. The zero-order valence-corrected chi connectivity index (χ0v) is 11.2. The van der Waals surface area contributed by atoms with Crippen molar-refractivity contribution in [3.63, 3.8) is 0 Å². The van der Waals surface area contributed by atoms with Gasteiger partial charge in [-0.15, -0.1) is 0 Å². The molecule has 0 saturated heterocycles. The summed E-state index contributed by atoms with van der Waals surface area (Å²) in [5.74, 6) is 0. The van der Waals surface area contributed by atoms with Gasteiger partial charge in [0.2, 0.25) is 0 Å². The van der Waals surface area contributed by atoms with E-state index in [2.05, 4.69) is 35.2 Å². The molecule has 0 aromatic heterocycles. The van der Waals surface area contributed by atoms with Crippen molar-refractivity contribution in [2.75, 3.05) is 13.2 Å². The topological polar surface area (TPSA) is 23.5 Å². The lowest BCUT2D eigenvalue weighted by molar-refractivity contribution is 0.132. The molecule has 1 N–H and O–H groups in total. The summed E-state index contributed by atoms with van der Waals surface area (Å²) in [7, 11) is 0. The van der Waals surface area contributed by atoms with Gasteiger partial charge in [-0.25, -0.2) is 0 Å². The lowest BCUT2D eigenvalue weighted by Crippen LogP contribution is -2.36. The predicted octanol–water partition coefficient (Wildman–Crippen LogP) is 3.20. The fourth-order valence-corrected chi connectivity index (χ4v) is 2.96. The Morgan fingerprint density at radius 2 is 1.67 bits per heavy atom. The molecule has 1 fully saturated rings. The summed E-state index contributed by atoms with van der Waals surface area (Å²) in [6.07, 6.45) is 8.06. The molecule has 0 aliphatic heterocycles. The Morgan fingerprint density at radius 3 is 2.28 bits per heavy atom. The van der Waals surface area contributed by atoms with Gasteiger partial charge in [0.1, 0.15) is 0 Å². The van der Waals surface area contributed by atoms with Gasteiger partial charge in [0.15, 0.2) is 0 Å². The molecule has 1 saturated carbocycles. The van der Waals surface area contributed by atoms with Crippen molar-refractivity contribution in [1.82, 2.24) is 4.90 Å². The van der Waals surface area contributed by atoms with Gasteiger partial charge in [0.05, 0.1) is 6.61 Å². The Bertz CT molecular complexity index is 317. The molecular formula is C16H25NO. The first kappa shape index (κ1) is 13.6. The van der Waals surface area contributed by atoms with Gasteiger partial charge in [0.25, 0.3) is 0 Å². The van der Waals surface area contributed by atoms with Crippen molar-refractivity contribution in [3.05, 3.63) is 35.9 Å². The van der Waals surface area contributed by atoms with Crippen molar-refractivity contribution in [1.29, 1.82) is 0 Å². The maximum absolute atomic E-state index is 9.27. The number of nitrogens with zero attached hydrogens (tertiary/aromatic N) is 1. The average Bonchev–Trinajstić information content (AvgIpc) is 2.68. The van der Waals surface area contributed by atoms with E-state index in [4.69, 9.17) is 0 Å². The van der Waals surface area contributed by atoms with Gasteiger partial charge in [-0.1, -0.05) is 56.0 Å².